The third-order valence-corrected chi connectivity index (χ3v) is 13.0. The summed E-state index contributed by atoms with van der Waals surface area (Å²) >= 11 is 0. The average molecular weight is 730 g/mol. The van der Waals surface area contributed by atoms with Gasteiger partial charge in [0.15, 0.2) is 0 Å². The van der Waals surface area contributed by atoms with Crippen molar-refractivity contribution in [2.75, 3.05) is 4.90 Å². The minimum Gasteiger partial charge on any atom is -0.310 e. The molecule has 9 aromatic carbocycles. The fraction of sp³-hybridized carbons (Fsp3) is 0.107. The molecule has 0 saturated carbocycles. The van der Waals surface area contributed by atoms with Gasteiger partial charge in [0.1, 0.15) is 0 Å². The van der Waals surface area contributed by atoms with Gasteiger partial charge in [-0.1, -0.05) is 167 Å². The molecule has 57 heavy (non-hydrogen) atoms. The van der Waals surface area contributed by atoms with Crippen molar-refractivity contribution in [3.8, 4) is 44.5 Å². The molecular formula is C56H43N. The number of fused-ring (bicyclic) bond motifs is 6. The second kappa shape index (κ2) is 12.4. The van der Waals surface area contributed by atoms with Gasteiger partial charge in [0.25, 0.3) is 0 Å². The molecule has 1 heteroatoms. The predicted molar refractivity (Wildman–Crippen MR) is 242 cm³/mol. The Balaban J connectivity index is 1.01. The zero-order chi connectivity index (χ0) is 38.5. The first kappa shape index (κ1) is 33.6. The Bertz CT molecular complexity index is 3060. The molecule has 9 aromatic rings. The normalized spacial score (nSPS) is 14.2. The molecule has 0 heterocycles. The van der Waals surface area contributed by atoms with Crippen molar-refractivity contribution >= 4 is 38.6 Å². The SMILES string of the molecule is CC1(C)c2ccccc2-c2ccc(N(c3ccccc3)c3ccc(-c4ccc5c(c4)C(C)(C)c4cccc6ccc(-c7ccc8ccccc8c7)c-5c46)cc3)cc21. The van der Waals surface area contributed by atoms with E-state index in [-0.39, 0.29) is 10.8 Å². The Morgan fingerprint density at radius 2 is 0.877 bits per heavy atom. The van der Waals surface area contributed by atoms with Crippen LogP contribution >= 0.6 is 0 Å². The summed E-state index contributed by atoms with van der Waals surface area (Å²) in [5.41, 5.74) is 19.0. The van der Waals surface area contributed by atoms with E-state index in [0.717, 1.165) is 11.4 Å². The van der Waals surface area contributed by atoms with Crippen molar-refractivity contribution in [3.05, 3.63) is 210 Å². The van der Waals surface area contributed by atoms with Crippen LogP contribution in [0.25, 0.3) is 66.1 Å². The summed E-state index contributed by atoms with van der Waals surface area (Å²) in [6, 6.07) is 70.0. The monoisotopic (exact) mass is 729 g/mol. The zero-order valence-corrected chi connectivity index (χ0v) is 32.8. The van der Waals surface area contributed by atoms with Crippen LogP contribution < -0.4 is 4.90 Å². The fourth-order valence-electron chi connectivity index (χ4n) is 10.0. The summed E-state index contributed by atoms with van der Waals surface area (Å²) in [4.78, 5) is 2.39. The third kappa shape index (κ3) is 5.08. The van der Waals surface area contributed by atoms with Crippen LogP contribution in [0.15, 0.2) is 188 Å². The minimum atomic E-state index is -0.176. The highest BCUT2D eigenvalue weighted by Gasteiger charge is 2.37. The van der Waals surface area contributed by atoms with Crippen molar-refractivity contribution in [2.45, 2.75) is 38.5 Å². The number of hydrogen-bond donors (Lipinski definition) is 0. The lowest BCUT2D eigenvalue weighted by molar-refractivity contribution is 0.645. The van der Waals surface area contributed by atoms with E-state index < -0.39 is 0 Å². The summed E-state index contributed by atoms with van der Waals surface area (Å²) in [7, 11) is 0. The average Bonchev–Trinajstić information content (AvgIpc) is 3.48. The lowest BCUT2D eigenvalue weighted by Crippen LogP contribution is -2.24. The van der Waals surface area contributed by atoms with Gasteiger partial charge in [0.2, 0.25) is 0 Å². The summed E-state index contributed by atoms with van der Waals surface area (Å²) < 4.78 is 0. The Kier molecular flexibility index (Phi) is 7.32. The van der Waals surface area contributed by atoms with Crippen molar-refractivity contribution < 1.29 is 0 Å². The van der Waals surface area contributed by atoms with Crippen LogP contribution in [0.3, 0.4) is 0 Å². The molecule has 11 rings (SSSR count). The Labute approximate surface area is 335 Å². The molecule has 0 aromatic heterocycles. The molecule has 0 bridgehead atoms. The summed E-state index contributed by atoms with van der Waals surface area (Å²) in [6.07, 6.45) is 0. The lowest BCUT2D eigenvalue weighted by Gasteiger charge is -2.36. The van der Waals surface area contributed by atoms with Crippen LogP contribution in [0, 0.1) is 0 Å². The van der Waals surface area contributed by atoms with Crippen molar-refractivity contribution in [2.24, 2.45) is 0 Å². The molecule has 1 nitrogen and oxygen atoms in total. The molecule has 0 atom stereocenters. The van der Waals surface area contributed by atoms with E-state index in [4.69, 9.17) is 0 Å². The predicted octanol–water partition coefficient (Wildman–Crippen LogP) is 15.4. The number of benzene rings is 9. The fourth-order valence-corrected chi connectivity index (χ4v) is 10.0. The van der Waals surface area contributed by atoms with Crippen LogP contribution in [0.1, 0.15) is 49.9 Å². The summed E-state index contributed by atoms with van der Waals surface area (Å²) in [5, 5.41) is 5.20. The molecule has 0 spiro atoms. The number of rotatable bonds is 5. The van der Waals surface area contributed by atoms with E-state index >= 15 is 0 Å². The second-order valence-electron chi connectivity index (χ2n) is 17.0. The van der Waals surface area contributed by atoms with Crippen LogP contribution in [-0.2, 0) is 10.8 Å². The van der Waals surface area contributed by atoms with Gasteiger partial charge < -0.3 is 4.90 Å². The zero-order valence-electron chi connectivity index (χ0n) is 32.8. The molecule has 0 saturated heterocycles. The van der Waals surface area contributed by atoms with E-state index in [0.29, 0.717) is 0 Å². The van der Waals surface area contributed by atoms with Crippen molar-refractivity contribution in [1.82, 2.24) is 0 Å². The van der Waals surface area contributed by atoms with E-state index in [2.05, 4.69) is 221 Å². The van der Waals surface area contributed by atoms with Gasteiger partial charge in [0.05, 0.1) is 0 Å². The Hall–Kier alpha value is -6.70. The maximum absolute atomic E-state index is 2.46. The molecular weight excluding hydrogens is 687 g/mol. The van der Waals surface area contributed by atoms with Crippen LogP contribution in [0.5, 0.6) is 0 Å². The topological polar surface area (TPSA) is 3.24 Å². The van der Waals surface area contributed by atoms with E-state index in [1.807, 2.05) is 0 Å². The van der Waals surface area contributed by atoms with Gasteiger partial charge in [-0.05, 0) is 137 Å². The van der Waals surface area contributed by atoms with Gasteiger partial charge in [0, 0.05) is 27.9 Å². The first-order valence-corrected chi connectivity index (χ1v) is 20.2. The highest BCUT2D eigenvalue weighted by atomic mass is 15.1. The molecule has 0 aliphatic heterocycles. The van der Waals surface area contributed by atoms with Gasteiger partial charge >= 0.3 is 0 Å². The lowest BCUT2D eigenvalue weighted by atomic mass is 9.67. The van der Waals surface area contributed by atoms with Gasteiger partial charge in [-0.3, -0.25) is 0 Å². The Morgan fingerprint density at radius 3 is 1.72 bits per heavy atom. The first-order valence-electron chi connectivity index (χ1n) is 20.2. The van der Waals surface area contributed by atoms with Crippen LogP contribution in [0.2, 0.25) is 0 Å². The third-order valence-electron chi connectivity index (χ3n) is 13.0. The first-order chi connectivity index (χ1) is 27.8. The number of nitrogens with zero attached hydrogens (tertiary/aromatic N) is 1. The molecule has 272 valence electrons. The molecule has 0 fully saturated rings. The van der Waals surface area contributed by atoms with Crippen molar-refractivity contribution in [1.29, 1.82) is 0 Å². The standard InChI is InChI=1S/C56H43N/c1-55(2)49-19-11-10-18-46(49)47-32-29-44(35-52(47)55)57(42-16-6-5-7-17-42)43-27-23-37(24-28-43)40-26-31-48-51(34-40)56(3,4)50-20-12-15-38-25-30-45(54(48)53(38)50)41-22-21-36-13-8-9-14-39(36)33-41/h5-35H,1-4H3. The molecule has 0 amide bonds. The highest BCUT2D eigenvalue weighted by Crippen LogP contribution is 2.53. The largest absolute Gasteiger partial charge is 0.310 e. The number of hydrogen-bond acceptors (Lipinski definition) is 1. The summed E-state index contributed by atoms with van der Waals surface area (Å²) in [5.74, 6) is 0. The maximum atomic E-state index is 2.46. The molecule has 2 aliphatic rings. The van der Waals surface area contributed by atoms with Crippen LogP contribution in [-0.4, -0.2) is 0 Å². The van der Waals surface area contributed by atoms with E-state index in [1.54, 1.807) is 0 Å². The summed E-state index contributed by atoms with van der Waals surface area (Å²) in [6.45, 7) is 9.50. The highest BCUT2D eigenvalue weighted by molar-refractivity contribution is 6.10. The van der Waals surface area contributed by atoms with E-state index in [1.165, 1.54) is 94.0 Å². The van der Waals surface area contributed by atoms with Crippen molar-refractivity contribution in [3.63, 3.8) is 0 Å². The van der Waals surface area contributed by atoms with Gasteiger partial charge in [-0.25, -0.2) is 0 Å². The van der Waals surface area contributed by atoms with E-state index in [9.17, 15) is 0 Å². The van der Waals surface area contributed by atoms with Crippen LogP contribution in [0.4, 0.5) is 17.1 Å². The number of anilines is 3. The molecule has 0 unspecified atom stereocenters. The Morgan fingerprint density at radius 1 is 0.316 bits per heavy atom. The molecule has 0 radical (unpaired) electrons. The minimum absolute atomic E-state index is 0.0728. The van der Waals surface area contributed by atoms with Gasteiger partial charge in [-0.15, -0.1) is 0 Å². The maximum Gasteiger partial charge on any atom is 0.0465 e. The molecule has 0 N–H and O–H groups in total. The van der Waals surface area contributed by atoms with Gasteiger partial charge in [-0.2, -0.15) is 0 Å². The smallest absolute Gasteiger partial charge is 0.0465 e. The molecule has 2 aliphatic carbocycles. The second-order valence-corrected chi connectivity index (χ2v) is 17.0. The number of para-hydroxylation sites is 1. The quantitative estimate of drug-likeness (QED) is 0.170.